The second-order valence-corrected chi connectivity index (χ2v) is 3.93. The zero-order chi connectivity index (χ0) is 12.7. The lowest BCUT2D eigenvalue weighted by Crippen LogP contribution is -2.35. The van der Waals surface area contributed by atoms with Gasteiger partial charge < -0.3 is 10.2 Å². The number of amides is 1. The third-order valence-electron chi connectivity index (χ3n) is 2.51. The highest BCUT2D eigenvalue weighted by atomic mass is 16.2. The normalized spacial score (nSPS) is 10.8. The van der Waals surface area contributed by atoms with E-state index in [9.17, 15) is 4.79 Å². The van der Waals surface area contributed by atoms with Gasteiger partial charge in [-0.2, -0.15) is 0 Å². The van der Waals surface area contributed by atoms with Crippen LogP contribution in [-0.2, 0) is 4.79 Å². The van der Waals surface area contributed by atoms with Gasteiger partial charge in [-0.15, -0.1) is 0 Å². The maximum atomic E-state index is 11.9. The minimum atomic E-state index is 0.0200. The fourth-order valence-electron chi connectivity index (χ4n) is 1.55. The van der Waals surface area contributed by atoms with Crippen LogP contribution >= 0.6 is 0 Å². The van der Waals surface area contributed by atoms with E-state index < -0.39 is 0 Å². The minimum Gasteiger partial charge on any atom is -0.318 e. The van der Waals surface area contributed by atoms with E-state index in [4.69, 9.17) is 0 Å². The Kier molecular flexibility index (Phi) is 5.43. The van der Waals surface area contributed by atoms with Gasteiger partial charge in [-0.3, -0.25) is 4.79 Å². The lowest BCUT2D eigenvalue weighted by atomic mass is 10.2. The summed E-state index contributed by atoms with van der Waals surface area (Å²) in [6.45, 7) is 5.33. The lowest BCUT2D eigenvalue weighted by molar-refractivity contribution is -0.114. The van der Waals surface area contributed by atoms with Crippen molar-refractivity contribution in [2.24, 2.45) is 0 Å². The second-order valence-electron chi connectivity index (χ2n) is 3.93. The molecule has 3 heteroatoms. The average molecular weight is 232 g/mol. The van der Waals surface area contributed by atoms with Crippen LogP contribution in [0.1, 0.15) is 12.5 Å². The zero-order valence-electron chi connectivity index (χ0n) is 10.7. The van der Waals surface area contributed by atoms with Gasteiger partial charge in [-0.1, -0.05) is 23.8 Å². The fourth-order valence-corrected chi connectivity index (χ4v) is 1.55. The van der Waals surface area contributed by atoms with E-state index in [1.54, 1.807) is 17.1 Å². The molecule has 1 aromatic rings. The van der Waals surface area contributed by atoms with Crippen LogP contribution in [0.15, 0.2) is 36.4 Å². The molecular weight excluding hydrogens is 212 g/mol. The average Bonchev–Trinajstić information content (AvgIpc) is 2.32. The van der Waals surface area contributed by atoms with Crippen molar-refractivity contribution in [2.75, 3.05) is 25.0 Å². The molecule has 0 aliphatic carbocycles. The van der Waals surface area contributed by atoms with Gasteiger partial charge in [0, 0.05) is 18.8 Å². The minimum absolute atomic E-state index is 0.0200. The number of nitrogens with one attached hydrogen (secondary N) is 1. The first-order valence-electron chi connectivity index (χ1n) is 5.84. The molecule has 0 saturated carbocycles. The molecule has 0 saturated heterocycles. The number of hydrogen-bond acceptors (Lipinski definition) is 2. The molecule has 0 unspecified atom stereocenters. The summed E-state index contributed by atoms with van der Waals surface area (Å²) in [4.78, 5) is 13.7. The summed E-state index contributed by atoms with van der Waals surface area (Å²) >= 11 is 0. The van der Waals surface area contributed by atoms with Crippen molar-refractivity contribution in [3.63, 3.8) is 0 Å². The second kappa shape index (κ2) is 6.86. The summed E-state index contributed by atoms with van der Waals surface area (Å²) in [5.74, 6) is 0.0200. The Balaban J connectivity index is 2.88. The molecule has 0 radical (unpaired) electrons. The number of likely N-dealkylation sites (N-methyl/N-ethyl adjacent to an activating group) is 1. The molecule has 1 rings (SSSR count). The Bertz CT molecular complexity index is 382. The van der Waals surface area contributed by atoms with Crippen LogP contribution in [0.3, 0.4) is 0 Å². The number of allylic oxidation sites excluding steroid dienone is 1. The van der Waals surface area contributed by atoms with Crippen LogP contribution in [0.25, 0.3) is 0 Å². The van der Waals surface area contributed by atoms with Crippen molar-refractivity contribution < 1.29 is 4.79 Å². The molecule has 1 N–H and O–H groups in total. The molecule has 0 spiro atoms. The highest BCUT2D eigenvalue weighted by Crippen LogP contribution is 2.15. The highest BCUT2D eigenvalue weighted by molar-refractivity contribution is 6.01. The molecule has 0 atom stereocenters. The van der Waals surface area contributed by atoms with Crippen molar-refractivity contribution in [2.45, 2.75) is 13.8 Å². The van der Waals surface area contributed by atoms with Gasteiger partial charge in [-0.25, -0.2) is 0 Å². The van der Waals surface area contributed by atoms with Crippen LogP contribution in [0.4, 0.5) is 5.69 Å². The van der Waals surface area contributed by atoms with Gasteiger partial charge in [-0.05, 0) is 39.1 Å². The number of aryl methyl sites for hydroxylation is 1. The van der Waals surface area contributed by atoms with Gasteiger partial charge in [0.2, 0.25) is 0 Å². The number of carbonyl (C=O) groups excluding carboxylic acids is 1. The summed E-state index contributed by atoms with van der Waals surface area (Å²) in [6, 6.07) is 7.99. The van der Waals surface area contributed by atoms with E-state index in [0.717, 1.165) is 12.2 Å². The van der Waals surface area contributed by atoms with Crippen LogP contribution < -0.4 is 10.2 Å². The largest absolute Gasteiger partial charge is 0.318 e. The van der Waals surface area contributed by atoms with Crippen molar-refractivity contribution in [1.29, 1.82) is 0 Å². The Hall–Kier alpha value is -1.61. The Morgan fingerprint density at radius 3 is 2.53 bits per heavy atom. The number of nitrogens with zero attached hydrogens (tertiary/aromatic N) is 1. The fraction of sp³-hybridized carbons (Fsp3) is 0.357. The van der Waals surface area contributed by atoms with Gasteiger partial charge >= 0.3 is 0 Å². The van der Waals surface area contributed by atoms with E-state index in [-0.39, 0.29) is 5.91 Å². The highest BCUT2D eigenvalue weighted by Gasteiger charge is 2.11. The maximum Gasteiger partial charge on any atom is 0.250 e. The van der Waals surface area contributed by atoms with Crippen LogP contribution in [0.5, 0.6) is 0 Å². The molecule has 0 aliphatic heterocycles. The molecule has 0 bridgehead atoms. The molecule has 0 aliphatic rings. The zero-order valence-corrected chi connectivity index (χ0v) is 10.7. The molecule has 1 aromatic carbocycles. The third-order valence-corrected chi connectivity index (χ3v) is 2.51. The molecular formula is C14H20N2O. The van der Waals surface area contributed by atoms with Gasteiger partial charge in [0.05, 0.1) is 0 Å². The lowest BCUT2D eigenvalue weighted by Gasteiger charge is -2.21. The summed E-state index contributed by atoms with van der Waals surface area (Å²) < 4.78 is 0. The predicted molar refractivity (Wildman–Crippen MR) is 72.3 cm³/mol. The van der Waals surface area contributed by atoms with Crippen LogP contribution in [0.2, 0.25) is 0 Å². The molecule has 1 amide bonds. The topological polar surface area (TPSA) is 32.3 Å². The summed E-state index contributed by atoms with van der Waals surface area (Å²) in [5, 5.41) is 3.06. The van der Waals surface area contributed by atoms with Gasteiger partial charge in [0.1, 0.15) is 0 Å². The number of rotatable bonds is 5. The monoisotopic (exact) mass is 232 g/mol. The van der Waals surface area contributed by atoms with Crippen LogP contribution in [-0.4, -0.2) is 26.0 Å². The number of carbonyl (C=O) groups is 1. The van der Waals surface area contributed by atoms with Crippen molar-refractivity contribution in [3.8, 4) is 0 Å². The van der Waals surface area contributed by atoms with E-state index >= 15 is 0 Å². The Morgan fingerprint density at radius 2 is 2.00 bits per heavy atom. The van der Waals surface area contributed by atoms with E-state index in [0.29, 0.717) is 6.54 Å². The molecule has 3 nitrogen and oxygen atoms in total. The predicted octanol–water partition coefficient (Wildman–Crippen LogP) is 2.12. The third kappa shape index (κ3) is 4.04. The molecule has 17 heavy (non-hydrogen) atoms. The molecule has 0 fully saturated rings. The van der Waals surface area contributed by atoms with Crippen molar-refractivity contribution >= 4 is 11.6 Å². The molecule has 92 valence electrons. The van der Waals surface area contributed by atoms with Gasteiger partial charge in [0.25, 0.3) is 5.91 Å². The van der Waals surface area contributed by atoms with Gasteiger partial charge in [0.15, 0.2) is 0 Å². The van der Waals surface area contributed by atoms with E-state index in [1.165, 1.54) is 5.56 Å². The first-order valence-corrected chi connectivity index (χ1v) is 5.84. The van der Waals surface area contributed by atoms with Crippen molar-refractivity contribution in [1.82, 2.24) is 5.32 Å². The first-order chi connectivity index (χ1) is 8.19. The summed E-state index contributed by atoms with van der Waals surface area (Å²) in [6.07, 6.45) is 3.36. The maximum absolute atomic E-state index is 11.9. The van der Waals surface area contributed by atoms with Crippen LogP contribution in [0, 0.1) is 6.92 Å². The van der Waals surface area contributed by atoms with Crippen molar-refractivity contribution in [3.05, 3.63) is 42.0 Å². The summed E-state index contributed by atoms with van der Waals surface area (Å²) in [7, 11) is 1.88. The summed E-state index contributed by atoms with van der Waals surface area (Å²) in [5.41, 5.74) is 2.13. The smallest absolute Gasteiger partial charge is 0.250 e. The van der Waals surface area contributed by atoms with E-state index in [1.807, 2.05) is 45.2 Å². The van der Waals surface area contributed by atoms with E-state index in [2.05, 4.69) is 5.32 Å². The number of hydrogen-bond donors (Lipinski definition) is 1. The first kappa shape index (κ1) is 13.5. The SMILES string of the molecule is C/C=C/C(=O)N(CCNC)c1ccc(C)cc1. The molecule has 0 aromatic heterocycles. The molecule has 0 heterocycles. The Morgan fingerprint density at radius 1 is 1.35 bits per heavy atom. The standard InChI is InChI=1S/C14H20N2O/c1-4-5-14(17)16(11-10-15-3)13-8-6-12(2)7-9-13/h4-9,15H,10-11H2,1-3H3/b5-4+. The number of benzene rings is 1. The number of anilines is 1. The quantitative estimate of drug-likeness (QED) is 0.789. The Labute approximate surface area is 103 Å².